The lowest BCUT2D eigenvalue weighted by atomic mass is 10.0. The molecule has 0 amide bonds. The van der Waals surface area contributed by atoms with Crippen LogP contribution >= 0.6 is 7.82 Å². The maximum Gasteiger partial charge on any atom is 0.472 e. The Balaban J connectivity index is 3.91. The van der Waals surface area contributed by atoms with Crippen molar-refractivity contribution in [3.05, 3.63) is 60.8 Å². The number of carbonyl (C=O) groups is 1. The molecule has 0 radical (unpaired) electrons. The topological polar surface area (TPSA) is 117 Å². The van der Waals surface area contributed by atoms with Crippen LogP contribution in [0.25, 0.3) is 0 Å². The second-order valence-corrected chi connectivity index (χ2v) is 19.9. The average Bonchev–Trinajstić information content (AvgIpc) is 3.31. The number of carbonyl (C=O) groups excluding carboxylic acids is 1. The van der Waals surface area contributed by atoms with Gasteiger partial charge in [0, 0.05) is 19.6 Å². The first-order valence-electron chi connectivity index (χ1n) is 27.8. The van der Waals surface area contributed by atoms with Crippen molar-refractivity contribution in [2.75, 3.05) is 33.0 Å². The quantitative estimate of drug-likeness (QED) is 0.0268. The van der Waals surface area contributed by atoms with Crippen LogP contribution < -0.4 is 5.73 Å². The molecule has 0 aromatic heterocycles. The molecule has 2 atom stereocenters. The van der Waals surface area contributed by atoms with Crippen LogP contribution in [0.5, 0.6) is 0 Å². The predicted molar refractivity (Wildman–Crippen MR) is 284 cm³/mol. The lowest BCUT2D eigenvalue weighted by Crippen LogP contribution is -2.28. The maximum atomic E-state index is 12.7. The molecule has 0 aliphatic rings. The molecule has 0 heterocycles. The minimum Gasteiger partial charge on any atom is -0.457 e. The molecule has 66 heavy (non-hydrogen) atoms. The molecule has 0 saturated heterocycles. The lowest BCUT2D eigenvalue weighted by Gasteiger charge is -2.20. The second-order valence-electron chi connectivity index (χ2n) is 18.4. The van der Waals surface area contributed by atoms with Gasteiger partial charge in [0.25, 0.3) is 0 Å². The number of esters is 1. The molecule has 0 saturated carbocycles. The van der Waals surface area contributed by atoms with E-state index in [0.717, 1.165) is 77.0 Å². The summed E-state index contributed by atoms with van der Waals surface area (Å²) in [5.74, 6) is -0.332. The van der Waals surface area contributed by atoms with Crippen LogP contribution in [0.2, 0.25) is 0 Å². The minimum absolute atomic E-state index is 0.0966. The molecule has 0 fully saturated rings. The van der Waals surface area contributed by atoms with Gasteiger partial charge in [-0.2, -0.15) is 0 Å². The lowest BCUT2D eigenvalue weighted by molar-refractivity contribution is -0.154. The summed E-state index contributed by atoms with van der Waals surface area (Å²) in [6, 6.07) is 0. The number of nitrogens with two attached hydrogens (primary N) is 1. The smallest absolute Gasteiger partial charge is 0.457 e. The second kappa shape index (κ2) is 54.1. The molecule has 0 aromatic carbocycles. The number of hydrogen-bond acceptors (Lipinski definition) is 7. The molecule has 3 N–H and O–H groups in total. The highest BCUT2D eigenvalue weighted by molar-refractivity contribution is 7.47. The molecular weight excluding hydrogens is 842 g/mol. The van der Waals surface area contributed by atoms with E-state index in [0.29, 0.717) is 13.0 Å². The highest BCUT2D eigenvalue weighted by atomic mass is 31.2. The summed E-state index contributed by atoms with van der Waals surface area (Å²) in [5, 5.41) is 0. The van der Waals surface area contributed by atoms with Crippen molar-refractivity contribution in [1.82, 2.24) is 0 Å². The summed E-state index contributed by atoms with van der Waals surface area (Å²) in [4.78, 5) is 22.7. The summed E-state index contributed by atoms with van der Waals surface area (Å²) >= 11 is 0. The predicted octanol–water partition coefficient (Wildman–Crippen LogP) is 17.7. The van der Waals surface area contributed by atoms with E-state index in [2.05, 4.69) is 74.6 Å². The molecule has 0 aliphatic carbocycles. The first-order chi connectivity index (χ1) is 32.4. The first-order valence-corrected chi connectivity index (χ1v) is 29.3. The fraction of sp³-hybridized carbons (Fsp3) is 0.807. The van der Waals surface area contributed by atoms with Gasteiger partial charge in [-0.25, -0.2) is 4.57 Å². The summed E-state index contributed by atoms with van der Waals surface area (Å²) in [7, 11) is -4.29. The molecule has 386 valence electrons. The van der Waals surface area contributed by atoms with Crippen molar-refractivity contribution in [3.63, 3.8) is 0 Å². The van der Waals surface area contributed by atoms with E-state index in [1.54, 1.807) is 0 Å². The van der Waals surface area contributed by atoms with Gasteiger partial charge in [0.05, 0.1) is 19.8 Å². The normalized spacial score (nSPS) is 13.7. The zero-order valence-corrected chi connectivity index (χ0v) is 44.1. The Morgan fingerprint density at radius 1 is 0.470 bits per heavy atom. The van der Waals surface area contributed by atoms with Crippen LogP contribution in [-0.2, 0) is 27.9 Å². The van der Waals surface area contributed by atoms with Crippen molar-refractivity contribution >= 4 is 13.8 Å². The van der Waals surface area contributed by atoms with E-state index in [9.17, 15) is 14.3 Å². The van der Waals surface area contributed by atoms with Crippen molar-refractivity contribution in [2.24, 2.45) is 5.73 Å². The molecule has 9 heteroatoms. The van der Waals surface area contributed by atoms with Crippen LogP contribution in [0.1, 0.15) is 258 Å². The third-order valence-electron chi connectivity index (χ3n) is 11.9. The zero-order chi connectivity index (χ0) is 48.0. The van der Waals surface area contributed by atoms with E-state index in [-0.39, 0.29) is 32.3 Å². The van der Waals surface area contributed by atoms with Crippen molar-refractivity contribution < 1.29 is 32.8 Å². The van der Waals surface area contributed by atoms with Crippen LogP contribution in [0, 0.1) is 0 Å². The van der Waals surface area contributed by atoms with Gasteiger partial charge >= 0.3 is 13.8 Å². The van der Waals surface area contributed by atoms with Crippen molar-refractivity contribution in [1.29, 1.82) is 0 Å². The van der Waals surface area contributed by atoms with Crippen molar-refractivity contribution in [2.45, 2.75) is 264 Å². The van der Waals surface area contributed by atoms with Crippen LogP contribution in [0.3, 0.4) is 0 Å². The van der Waals surface area contributed by atoms with Crippen LogP contribution in [0.4, 0.5) is 0 Å². The Bertz CT molecular complexity index is 1200. The van der Waals surface area contributed by atoms with Crippen LogP contribution in [-0.4, -0.2) is 49.9 Å². The fourth-order valence-corrected chi connectivity index (χ4v) is 8.67. The highest BCUT2D eigenvalue weighted by Gasteiger charge is 2.25. The Kier molecular flexibility index (Phi) is 52.7. The number of phosphoric ester groups is 1. The average molecular weight is 948 g/mol. The number of ether oxygens (including phenoxy) is 2. The van der Waals surface area contributed by atoms with Gasteiger partial charge in [-0.3, -0.25) is 13.8 Å². The zero-order valence-electron chi connectivity index (χ0n) is 43.2. The summed E-state index contributed by atoms with van der Waals surface area (Å²) in [6.07, 6.45) is 68.4. The molecule has 2 unspecified atom stereocenters. The van der Waals surface area contributed by atoms with Gasteiger partial charge in [0.2, 0.25) is 0 Å². The third-order valence-corrected chi connectivity index (χ3v) is 12.9. The van der Waals surface area contributed by atoms with Crippen molar-refractivity contribution in [3.8, 4) is 0 Å². The Morgan fingerprint density at radius 3 is 1.27 bits per heavy atom. The van der Waals surface area contributed by atoms with Gasteiger partial charge < -0.3 is 20.1 Å². The maximum absolute atomic E-state index is 12.7. The minimum atomic E-state index is -4.29. The standard InChI is InChI=1S/C57H106NO7P/c1-3-5-7-9-11-13-15-17-19-21-23-25-27-28-29-30-32-34-36-38-40-42-44-46-48-50-57(59)65-56(55-64-66(60,61)63-53-51-58)54-62-52-49-47-45-43-41-39-37-35-33-31-26-24-22-20-18-16-14-12-10-8-6-4-2/h6,8,12,14,18,20,24,26,33,35,56H,3-5,7,9-11,13,15-17,19,21-23,25,27-32,34,36-55,58H2,1-2H3,(H,60,61)/b8-6-,14-12-,20-18-,26-24-,35-33-. The molecule has 0 spiro atoms. The Hall–Kier alpha value is -1.80. The molecule has 0 aliphatic heterocycles. The summed E-state index contributed by atoms with van der Waals surface area (Å²) in [5.41, 5.74) is 5.40. The monoisotopic (exact) mass is 948 g/mol. The molecule has 8 nitrogen and oxygen atoms in total. The van der Waals surface area contributed by atoms with E-state index in [1.165, 1.54) is 161 Å². The number of allylic oxidation sites excluding steroid dienone is 10. The van der Waals surface area contributed by atoms with E-state index < -0.39 is 13.9 Å². The van der Waals surface area contributed by atoms with Gasteiger partial charge in [0.15, 0.2) is 0 Å². The fourth-order valence-electron chi connectivity index (χ4n) is 7.91. The first kappa shape index (κ1) is 64.2. The van der Waals surface area contributed by atoms with Crippen LogP contribution in [0.15, 0.2) is 60.8 Å². The number of unbranched alkanes of at least 4 members (excludes halogenated alkanes) is 30. The van der Waals surface area contributed by atoms with Gasteiger partial charge in [-0.1, -0.05) is 254 Å². The third kappa shape index (κ3) is 53.2. The number of rotatable bonds is 53. The molecule has 0 bridgehead atoms. The van der Waals surface area contributed by atoms with Gasteiger partial charge in [0.1, 0.15) is 6.10 Å². The number of hydrogen-bond donors (Lipinski definition) is 2. The largest absolute Gasteiger partial charge is 0.472 e. The SMILES string of the molecule is CC/C=C\C/C=C\C/C=C\C/C=C\C/C=C\CCCCCCCCOCC(COP(=O)(O)OCCN)OC(=O)CCCCCCCCCCCCCCCCCCCCCCCCCCC. The van der Waals surface area contributed by atoms with E-state index >= 15 is 0 Å². The van der Waals surface area contributed by atoms with E-state index in [1.807, 2.05) is 0 Å². The van der Waals surface area contributed by atoms with Gasteiger partial charge in [-0.05, 0) is 57.8 Å². The van der Waals surface area contributed by atoms with E-state index in [4.69, 9.17) is 24.3 Å². The van der Waals surface area contributed by atoms with Gasteiger partial charge in [-0.15, -0.1) is 0 Å². The Labute approximate surface area is 408 Å². The molecular formula is C57H106NO7P. The Morgan fingerprint density at radius 2 is 0.848 bits per heavy atom. The molecule has 0 aromatic rings. The summed E-state index contributed by atoms with van der Waals surface area (Å²) in [6.45, 7) is 4.81. The molecule has 0 rings (SSSR count). The summed E-state index contributed by atoms with van der Waals surface area (Å²) < 4.78 is 33.6. The highest BCUT2D eigenvalue weighted by Crippen LogP contribution is 2.43. The number of phosphoric acid groups is 1.